The van der Waals surface area contributed by atoms with Crippen molar-refractivity contribution < 1.29 is 9.59 Å². The molecule has 4 aliphatic rings. The molecule has 2 heterocycles. The highest BCUT2D eigenvalue weighted by atomic mass is 16.1. The molecule has 1 saturated heterocycles. The number of nitrogens with one attached hydrogen (secondary N) is 1. The van der Waals surface area contributed by atoms with Crippen LogP contribution in [0, 0.1) is 23.2 Å². The SMILES string of the molecule is CC(=O)c1ccc(N2CCC(NC(=O)CC3CCCC4CCCCC43)C3(CCC3)C2)nc1. The molecule has 5 heteroatoms. The zero-order chi connectivity index (χ0) is 22.1. The number of nitrogens with zero attached hydrogens (tertiary/aromatic N) is 2. The van der Waals surface area contributed by atoms with Crippen molar-refractivity contribution in [3.8, 4) is 0 Å². The third-order valence-corrected chi connectivity index (χ3v) is 9.27. The van der Waals surface area contributed by atoms with E-state index in [4.69, 9.17) is 0 Å². The minimum Gasteiger partial charge on any atom is -0.356 e. The Bertz CT molecular complexity index is 830. The van der Waals surface area contributed by atoms with Crippen LogP contribution in [-0.2, 0) is 4.79 Å². The van der Waals surface area contributed by atoms with Gasteiger partial charge in [-0.25, -0.2) is 4.98 Å². The number of rotatable bonds is 5. The molecule has 174 valence electrons. The van der Waals surface area contributed by atoms with Crippen molar-refractivity contribution in [3.63, 3.8) is 0 Å². The van der Waals surface area contributed by atoms with Crippen LogP contribution in [0.1, 0.15) is 94.3 Å². The van der Waals surface area contributed by atoms with Gasteiger partial charge in [-0.05, 0) is 68.9 Å². The second-order valence-corrected chi connectivity index (χ2v) is 11.1. The summed E-state index contributed by atoms with van der Waals surface area (Å²) in [4.78, 5) is 31.7. The first-order valence-corrected chi connectivity index (χ1v) is 13.1. The lowest BCUT2D eigenvalue weighted by Crippen LogP contribution is -2.61. The number of pyridine rings is 1. The smallest absolute Gasteiger partial charge is 0.220 e. The molecule has 0 aromatic carbocycles. The second kappa shape index (κ2) is 9.15. The van der Waals surface area contributed by atoms with E-state index in [0.717, 1.165) is 43.6 Å². The second-order valence-electron chi connectivity index (χ2n) is 11.1. The maximum Gasteiger partial charge on any atom is 0.220 e. The quantitative estimate of drug-likeness (QED) is 0.648. The molecule has 4 unspecified atom stereocenters. The summed E-state index contributed by atoms with van der Waals surface area (Å²) in [5.74, 6) is 3.60. The van der Waals surface area contributed by atoms with Crippen LogP contribution in [0.3, 0.4) is 0 Å². The lowest BCUT2D eigenvalue weighted by Gasteiger charge is -2.54. The number of carbonyl (C=O) groups is 2. The van der Waals surface area contributed by atoms with E-state index in [2.05, 4.69) is 15.2 Å². The fraction of sp³-hybridized carbons (Fsp3) is 0.741. The lowest BCUT2D eigenvalue weighted by atomic mass is 9.61. The molecule has 32 heavy (non-hydrogen) atoms. The van der Waals surface area contributed by atoms with Crippen LogP contribution in [0.4, 0.5) is 5.82 Å². The fourth-order valence-electron chi connectivity index (χ4n) is 7.32. The summed E-state index contributed by atoms with van der Waals surface area (Å²) < 4.78 is 0. The summed E-state index contributed by atoms with van der Waals surface area (Å²) in [5, 5.41) is 3.52. The summed E-state index contributed by atoms with van der Waals surface area (Å²) in [5.41, 5.74) is 0.853. The molecule has 1 N–H and O–H groups in total. The third-order valence-electron chi connectivity index (χ3n) is 9.27. The molecule has 1 aliphatic heterocycles. The molecule has 1 aromatic heterocycles. The van der Waals surface area contributed by atoms with Gasteiger partial charge in [0, 0.05) is 42.7 Å². The number of Topliss-reactive ketones (excluding diaryl/α,β-unsaturated/α-hetero) is 1. The van der Waals surface area contributed by atoms with Gasteiger partial charge in [-0.1, -0.05) is 38.5 Å². The number of fused-ring (bicyclic) bond motifs is 1. The highest BCUT2D eigenvalue weighted by molar-refractivity contribution is 5.93. The maximum atomic E-state index is 13.2. The van der Waals surface area contributed by atoms with Gasteiger partial charge in [-0.15, -0.1) is 0 Å². The molecule has 5 nitrogen and oxygen atoms in total. The summed E-state index contributed by atoms with van der Waals surface area (Å²) in [7, 11) is 0. The van der Waals surface area contributed by atoms with Crippen molar-refractivity contribution in [2.45, 2.75) is 90.0 Å². The lowest BCUT2D eigenvalue weighted by molar-refractivity contribution is -0.125. The Morgan fingerprint density at radius 1 is 1.06 bits per heavy atom. The molecule has 4 fully saturated rings. The fourth-order valence-corrected chi connectivity index (χ4v) is 7.32. The first-order valence-electron chi connectivity index (χ1n) is 13.1. The molecule has 3 saturated carbocycles. The Balaban J connectivity index is 1.20. The number of anilines is 1. The Morgan fingerprint density at radius 2 is 1.88 bits per heavy atom. The molecule has 4 atom stereocenters. The summed E-state index contributed by atoms with van der Waals surface area (Å²) in [6, 6.07) is 4.16. The van der Waals surface area contributed by atoms with Crippen LogP contribution in [-0.4, -0.2) is 35.8 Å². The number of carbonyl (C=O) groups excluding carboxylic acids is 2. The number of amides is 1. The van der Waals surface area contributed by atoms with Crippen molar-refractivity contribution >= 4 is 17.5 Å². The van der Waals surface area contributed by atoms with E-state index in [1.54, 1.807) is 13.1 Å². The first kappa shape index (κ1) is 21.9. The van der Waals surface area contributed by atoms with Gasteiger partial charge in [-0.3, -0.25) is 9.59 Å². The average Bonchev–Trinajstić information content (AvgIpc) is 2.78. The van der Waals surface area contributed by atoms with Crippen molar-refractivity contribution in [2.24, 2.45) is 23.2 Å². The van der Waals surface area contributed by atoms with Gasteiger partial charge >= 0.3 is 0 Å². The Morgan fingerprint density at radius 3 is 2.59 bits per heavy atom. The average molecular weight is 438 g/mol. The number of hydrogen-bond acceptors (Lipinski definition) is 4. The zero-order valence-electron chi connectivity index (χ0n) is 19.7. The van der Waals surface area contributed by atoms with E-state index in [1.807, 2.05) is 12.1 Å². The molecule has 3 aliphatic carbocycles. The van der Waals surface area contributed by atoms with Crippen molar-refractivity contribution in [2.75, 3.05) is 18.0 Å². The third kappa shape index (κ3) is 4.32. The highest BCUT2D eigenvalue weighted by Crippen LogP contribution is 2.49. The van der Waals surface area contributed by atoms with E-state index in [9.17, 15) is 9.59 Å². The van der Waals surface area contributed by atoms with Crippen LogP contribution in [0.5, 0.6) is 0 Å². The normalized spacial score (nSPS) is 31.5. The monoisotopic (exact) mass is 437 g/mol. The van der Waals surface area contributed by atoms with Gasteiger partial charge in [-0.2, -0.15) is 0 Å². The molecule has 5 rings (SSSR count). The van der Waals surface area contributed by atoms with Crippen LogP contribution in [0.15, 0.2) is 18.3 Å². The molecular formula is C27H39N3O2. The van der Waals surface area contributed by atoms with Crippen molar-refractivity contribution in [1.82, 2.24) is 10.3 Å². The van der Waals surface area contributed by atoms with Gasteiger partial charge in [0.05, 0.1) is 0 Å². The molecule has 1 amide bonds. The van der Waals surface area contributed by atoms with Gasteiger partial charge in [0.1, 0.15) is 5.82 Å². The predicted octanol–water partition coefficient (Wildman–Crippen LogP) is 5.15. The van der Waals surface area contributed by atoms with E-state index in [0.29, 0.717) is 23.4 Å². The van der Waals surface area contributed by atoms with E-state index in [-0.39, 0.29) is 11.2 Å². The predicted molar refractivity (Wildman–Crippen MR) is 127 cm³/mol. The number of hydrogen-bond donors (Lipinski definition) is 1. The Labute approximate surface area is 192 Å². The van der Waals surface area contributed by atoms with Crippen LogP contribution in [0.2, 0.25) is 0 Å². The van der Waals surface area contributed by atoms with Gasteiger partial charge in [0.15, 0.2) is 5.78 Å². The standard InChI is InChI=1S/C27H39N3O2/c1-19(31)22-10-11-25(28-17-22)30-15-12-24(27(18-30)13-5-14-27)29-26(32)16-21-8-4-7-20-6-2-3-9-23(20)21/h10-11,17,20-21,23-24H,2-9,12-16,18H2,1H3,(H,29,32). The van der Waals surface area contributed by atoms with Gasteiger partial charge in [0.2, 0.25) is 5.91 Å². The van der Waals surface area contributed by atoms with E-state index < -0.39 is 0 Å². The maximum absolute atomic E-state index is 13.2. The molecule has 1 aromatic rings. The highest BCUT2D eigenvalue weighted by Gasteiger charge is 2.48. The topological polar surface area (TPSA) is 62.3 Å². The van der Waals surface area contributed by atoms with Crippen molar-refractivity contribution in [1.29, 1.82) is 0 Å². The van der Waals surface area contributed by atoms with Crippen LogP contribution in [0.25, 0.3) is 0 Å². The molecule has 1 spiro atoms. The molecule has 0 bridgehead atoms. The van der Waals surface area contributed by atoms with E-state index >= 15 is 0 Å². The first-order chi connectivity index (χ1) is 15.5. The number of aromatic nitrogens is 1. The minimum absolute atomic E-state index is 0.0541. The van der Waals surface area contributed by atoms with Gasteiger partial charge < -0.3 is 10.2 Å². The Kier molecular flexibility index (Phi) is 6.26. The van der Waals surface area contributed by atoms with Crippen LogP contribution < -0.4 is 10.2 Å². The van der Waals surface area contributed by atoms with Crippen molar-refractivity contribution in [3.05, 3.63) is 23.9 Å². The number of ketones is 1. The zero-order valence-corrected chi connectivity index (χ0v) is 19.7. The summed E-state index contributed by atoms with van der Waals surface area (Å²) in [6.07, 6.45) is 16.5. The summed E-state index contributed by atoms with van der Waals surface area (Å²) >= 11 is 0. The molecule has 0 radical (unpaired) electrons. The summed E-state index contributed by atoms with van der Waals surface area (Å²) in [6.45, 7) is 3.45. The minimum atomic E-state index is 0.0541. The van der Waals surface area contributed by atoms with Crippen LogP contribution >= 0.6 is 0 Å². The number of piperidine rings is 1. The molecular weight excluding hydrogens is 398 g/mol. The van der Waals surface area contributed by atoms with E-state index in [1.165, 1.54) is 64.2 Å². The Hall–Kier alpha value is -1.91. The largest absolute Gasteiger partial charge is 0.356 e. The van der Waals surface area contributed by atoms with Gasteiger partial charge in [0.25, 0.3) is 0 Å².